The molecule has 0 spiro atoms. The van der Waals surface area contributed by atoms with Crippen LogP contribution < -0.4 is 5.73 Å². The van der Waals surface area contributed by atoms with Gasteiger partial charge in [-0.2, -0.15) is 0 Å². The summed E-state index contributed by atoms with van der Waals surface area (Å²) in [6.45, 7) is 4.16. The largest absolute Gasteiger partial charge is 0.468 e. The van der Waals surface area contributed by atoms with Crippen LogP contribution >= 0.6 is 0 Å². The molecule has 1 aromatic rings. The second-order valence-corrected chi connectivity index (χ2v) is 7.17. The number of carbonyl (C=O) groups is 1. The molecule has 112 valence electrons. The number of benzene rings is 1. The number of nitrogens with two attached hydrogens (primary N) is 1. The maximum Gasteiger partial charge on any atom is 0.320 e. The van der Waals surface area contributed by atoms with E-state index in [1.165, 1.54) is 5.56 Å². The number of esters is 1. The van der Waals surface area contributed by atoms with E-state index in [9.17, 15) is 13.2 Å². The molecule has 0 aliphatic rings. The van der Waals surface area contributed by atoms with Gasteiger partial charge in [0, 0.05) is 6.04 Å². The molecule has 0 saturated carbocycles. The van der Waals surface area contributed by atoms with Crippen molar-refractivity contribution in [2.24, 2.45) is 5.73 Å². The van der Waals surface area contributed by atoms with Crippen molar-refractivity contribution < 1.29 is 17.9 Å². The Bertz CT molecular complexity index is 549. The summed E-state index contributed by atoms with van der Waals surface area (Å²) in [6.07, 6.45) is 0. The number of ether oxygens (including phenoxy) is 1. The van der Waals surface area contributed by atoms with Gasteiger partial charge in [0.05, 0.1) is 12.9 Å². The monoisotopic (exact) mass is 299 g/mol. The second-order valence-electron chi connectivity index (χ2n) is 5.06. The molecule has 6 heteroatoms. The van der Waals surface area contributed by atoms with Gasteiger partial charge in [0.1, 0.15) is 5.75 Å². The topological polar surface area (TPSA) is 86.5 Å². The van der Waals surface area contributed by atoms with Crippen LogP contribution in [-0.4, -0.2) is 33.0 Å². The van der Waals surface area contributed by atoms with Gasteiger partial charge in [-0.25, -0.2) is 8.42 Å². The van der Waals surface area contributed by atoms with Gasteiger partial charge < -0.3 is 10.5 Å². The number of rotatable bonds is 6. The van der Waals surface area contributed by atoms with E-state index < -0.39 is 27.6 Å². The van der Waals surface area contributed by atoms with Crippen molar-refractivity contribution in [2.45, 2.75) is 25.8 Å². The van der Waals surface area contributed by atoms with Gasteiger partial charge in [-0.05, 0) is 17.0 Å². The van der Waals surface area contributed by atoms with Crippen LogP contribution in [-0.2, 0) is 19.4 Å². The number of hydrogen-bond donors (Lipinski definition) is 1. The molecular weight excluding hydrogens is 278 g/mol. The van der Waals surface area contributed by atoms with Crippen LogP contribution in [0.3, 0.4) is 0 Å². The first kappa shape index (κ1) is 16.7. The fraction of sp³-hybridized carbons (Fsp3) is 0.500. The summed E-state index contributed by atoms with van der Waals surface area (Å²) in [5, 5.41) is 0. The summed E-state index contributed by atoms with van der Waals surface area (Å²) < 4.78 is 27.9. The lowest BCUT2D eigenvalue weighted by molar-refractivity contribution is -0.137. The minimum Gasteiger partial charge on any atom is -0.468 e. The second kappa shape index (κ2) is 6.85. The molecule has 1 rings (SSSR count). The summed E-state index contributed by atoms with van der Waals surface area (Å²) in [5.74, 6) is -1.28. The molecule has 1 aromatic carbocycles. The molecule has 5 nitrogen and oxygen atoms in total. The molecule has 1 unspecified atom stereocenters. The van der Waals surface area contributed by atoms with Crippen LogP contribution in [0, 0.1) is 0 Å². The number of carbonyl (C=O) groups excluding carboxylic acids is 1. The maximum absolute atomic E-state index is 11.8. The number of sulfone groups is 1. The summed E-state index contributed by atoms with van der Waals surface area (Å²) in [6, 6.07) is 6.88. The molecule has 20 heavy (non-hydrogen) atoms. The van der Waals surface area contributed by atoms with E-state index >= 15 is 0 Å². The zero-order chi connectivity index (χ0) is 15.3. The standard InChI is InChI=1S/C14H21NO4S/c1-10(2)11-4-6-12(7-5-11)13(15)8-20(17,18)9-14(16)19-3/h4-7,10,13H,8-9,15H2,1-3H3. The van der Waals surface area contributed by atoms with Gasteiger partial charge in [-0.1, -0.05) is 38.1 Å². The van der Waals surface area contributed by atoms with Crippen LogP contribution in [0.4, 0.5) is 0 Å². The Morgan fingerprint density at radius 3 is 2.15 bits per heavy atom. The highest BCUT2D eigenvalue weighted by molar-refractivity contribution is 7.92. The Balaban J connectivity index is 2.75. The summed E-state index contributed by atoms with van der Waals surface area (Å²) in [5.41, 5.74) is 7.80. The van der Waals surface area contributed by atoms with Crippen LogP contribution in [0.15, 0.2) is 24.3 Å². The first-order valence-electron chi connectivity index (χ1n) is 6.38. The fourth-order valence-electron chi connectivity index (χ4n) is 1.80. The summed E-state index contributed by atoms with van der Waals surface area (Å²) in [4.78, 5) is 11.0. The summed E-state index contributed by atoms with van der Waals surface area (Å²) in [7, 11) is -2.41. The van der Waals surface area contributed by atoms with Gasteiger partial charge in [0.2, 0.25) is 0 Å². The molecule has 0 bridgehead atoms. The minimum atomic E-state index is -3.57. The smallest absolute Gasteiger partial charge is 0.320 e. The molecule has 0 aliphatic carbocycles. The Morgan fingerprint density at radius 1 is 1.20 bits per heavy atom. The Hall–Kier alpha value is -1.40. The SMILES string of the molecule is COC(=O)CS(=O)(=O)CC(N)c1ccc(C(C)C)cc1. The van der Waals surface area contributed by atoms with Crippen molar-refractivity contribution in [2.75, 3.05) is 18.6 Å². The molecule has 0 aliphatic heterocycles. The third kappa shape index (κ3) is 4.94. The minimum absolute atomic E-state index is 0.275. The predicted octanol–water partition coefficient (Wildman–Crippen LogP) is 1.40. The lowest BCUT2D eigenvalue weighted by atomic mass is 10.00. The third-order valence-electron chi connectivity index (χ3n) is 3.03. The van der Waals surface area contributed by atoms with E-state index in [2.05, 4.69) is 18.6 Å². The normalized spacial score (nSPS) is 13.2. The highest BCUT2D eigenvalue weighted by Crippen LogP contribution is 2.18. The predicted molar refractivity (Wildman–Crippen MR) is 78.1 cm³/mol. The quantitative estimate of drug-likeness (QED) is 0.802. The average molecular weight is 299 g/mol. The molecule has 0 aromatic heterocycles. The van der Waals surface area contributed by atoms with Crippen molar-refractivity contribution in [3.63, 3.8) is 0 Å². The Labute approximate surface area is 120 Å². The van der Waals surface area contributed by atoms with Crippen LogP contribution in [0.25, 0.3) is 0 Å². The van der Waals surface area contributed by atoms with E-state index in [0.29, 0.717) is 5.92 Å². The van der Waals surface area contributed by atoms with E-state index in [1.807, 2.05) is 24.3 Å². The van der Waals surface area contributed by atoms with Crippen molar-refractivity contribution in [3.8, 4) is 0 Å². The highest BCUT2D eigenvalue weighted by atomic mass is 32.2. The van der Waals surface area contributed by atoms with Gasteiger partial charge in [0.25, 0.3) is 0 Å². The van der Waals surface area contributed by atoms with Crippen molar-refractivity contribution in [3.05, 3.63) is 35.4 Å². The van der Waals surface area contributed by atoms with Crippen LogP contribution in [0.2, 0.25) is 0 Å². The molecule has 0 radical (unpaired) electrons. The molecule has 1 atom stereocenters. The fourth-order valence-corrected chi connectivity index (χ4v) is 3.13. The zero-order valence-corrected chi connectivity index (χ0v) is 12.8. The Morgan fingerprint density at radius 2 is 1.70 bits per heavy atom. The van der Waals surface area contributed by atoms with Gasteiger partial charge in [-0.3, -0.25) is 4.79 Å². The van der Waals surface area contributed by atoms with Crippen molar-refractivity contribution in [1.82, 2.24) is 0 Å². The van der Waals surface area contributed by atoms with Crippen LogP contribution in [0.5, 0.6) is 0 Å². The van der Waals surface area contributed by atoms with E-state index in [1.54, 1.807) is 0 Å². The first-order chi connectivity index (χ1) is 9.25. The highest BCUT2D eigenvalue weighted by Gasteiger charge is 2.21. The zero-order valence-electron chi connectivity index (χ0n) is 12.0. The molecule has 0 saturated heterocycles. The molecular formula is C14H21NO4S. The van der Waals surface area contributed by atoms with Gasteiger partial charge >= 0.3 is 5.97 Å². The number of methoxy groups -OCH3 is 1. The van der Waals surface area contributed by atoms with Crippen molar-refractivity contribution >= 4 is 15.8 Å². The lowest BCUT2D eigenvalue weighted by Gasteiger charge is -2.13. The molecule has 0 amide bonds. The molecule has 2 N–H and O–H groups in total. The van der Waals surface area contributed by atoms with Gasteiger partial charge in [-0.15, -0.1) is 0 Å². The van der Waals surface area contributed by atoms with E-state index in [-0.39, 0.29) is 5.75 Å². The van der Waals surface area contributed by atoms with Crippen molar-refractivity contribution in [1.29, 1.82) is 0 Å². The van der Waals surface area contributed by atoms with E-state index in [0.717, 1.165) is 12.7 Å². The average Bonchev–Trinajstić information content (AvgIpc) is 2.37. The lowest BCUT2D eigenvalue weighted by Crippen LogP contribution is -2.27. The number of hydrogen-bond acceptors (Lipinski definition) is 5. The molecule has 0 fully saturated rings. The molecule has 0 heterocycles. The van der Waals surface area contributed by atoms with Crippen LogP contribution in [0.1, 0.15) is 36.9 Å². The van der Waals surface area contributed by atoms with Gasteiger partial charge in [0.15, 0.2) is 9.84 Å². The third-order valence-corrected chi connectivity index (χ3v) is 4.57. The summed E-state index contributed by atoms with van der Waals surface area (Å²) >= 11 is 0. The van der Waals surface area contributed by atoms with E-state index in [4.69, 9.17) is 5.73 Å². The maximum atomic E-state index is 11.8. The first-order valence-corrected chi connectivity index (χ1v) is 8.20. The Kier molecular flexibility index (Phi) is 5.71.